The molecule has 2 rings (SSSR count). The van der Waals surface area contributed by atoms with Crippen LogP contribution in [0.2, 0.25) is 0 Å². The third kappa shape index (κ3) is 4.83. The zero-order chi connectivity index (χ0) is 17.5. The Morgan fingerprint density at radius 1 is 1.33 bits per heavy atom. The van der Waals surface area contributed by atoms with Gasteiger partial charge >= 0.3 is 0 Å². The quantitative estimate of drug-likeness (QED) is 0.697. The van der Waals surface area contributed by atoms with Crippen molar-refractivity contribution < 1.29 is 24.1 Å². The van der Waals surface area contributed by atoms with E-state index in [0.717, 1.165) is 11.3 Å². The lowest BCUT2D eigenvalue weighted by Crippen LogP contribution is -2.54. The molecule has 0 radical (unpaired) electrons. The first-order chi connectivity index (χ1) is 11.5. The maximum Gasteiger partial charge on any atom is 0.225 e. The van der Waals surface area contributed by atoms with E-state index in [1.54, 1.807) is 4.90 Å². The number of carbonyl (C=O) groups is 1. The van der Waals surface area contributed by atoms with Gasteiger partial charge in [-0.3, -0.25) is 4.79 Å². The molecular weight excluding hydrogens is 312 g/mol. The zero-order valence-corrected chi connectivity index (χ0v) is 14.4. The molecule has 1 aliphatic heterocycles. The summed E-state index contributed by atoms with van der Waals surface area (Å²) in [5, 5.41) is 12.5. The van der Waals surface area contributed by atoms with Crippen molar-refractivity contribution in [3.63, 3.8) is 0 Å². The van der Waals surface area contributed by atoms with E-state index in [4.69, 9.17) is 14.2 Å². The van der Waals surface area contributed by atoms with E-state index >= 15 is 0 Å². The predicted molar refractivity (Wildman–Crippen MR) is 89.8 cm³/mol. The monoisotopic (exact) mass is 338 g/mol. The maximum atomic E-state index is 11.3. The number of ether oxygens (including phenoxy) is 3. The molecule has 1 aromatic carbocycles. The van der Waals surface area contributed by atoms with E-state index in [1.807, 2.05) is 39.0 Å². The van der Waals surface area contributed by atoms with Gasteiger partial charge in [0.1, 0.15) is 12.4 Å². The Hall–Kier alpha value is -1.83. The number of benzene rings is 1. The number of carbonyl (C=O) groups excluding carboxylic acids is 1. The topological polar surface area (TPSA) is 80.3 Å². The molecule has 1 heterocycles. The van der Waals surface area contributed by atoms with Crippen LogP contribution < -0.4 is 15.0 Å². The fourth-order valence-corrected chi connectivity index (χ4v) is 2.61. The van der Waals surface area contributed by atoms with Gasteiger partial charge in [-0.25, -0.2) is 0 Å². The van der Waals surface area contributed by atoms with E-state index < -0.39 is 6.35 Å². The first-order valence-corrected chi connectivity index (χ1v) is 8.25. The molecule has 1 atom stereocenters. The zero-order valence-electron chi connectivity index (χ0n) is 14.4. The summed E-state index contributed by atoms with van der Waals surface area (Å²) in [6, 6.07) is 5.61. The number of anilines is 1. The number of nitrogens with zero attached hydrogens (tertiary/aromatic N) is 1. The highest BCUT2D eigenvalue weighted by Gasteiger charge is 2.25. The molecular formula is C17H26N2O5. The van der Waals surface area contributed by atoms with Crippen LogP contribution in [0.25, 0.3) is 0 Å². The first kappa shape index (κ1) is 18.5. The number of aliphatic hydroxyl groups is 1. The maximum absolute atomic E-state index is 11.3. The predicted octanol–water partition coefficient (Wildman–Crippen LogP) is 1.38. The van der Waals surface area contributed by atoms with E-state index in [0.29, 0.717) is 38.5 Å². The van der Waals surface area contributed by atoms with Gasteiger partial charge in [-0.05, 0) is 44.5 Å². The normalized spacial score (nSPS) is 18.0. The van der Waals surface area contributed by atoms with Gasteiger partial charge in [0, 0.05) is 31.9 Å². The number of hydrogen-bond acceptors (Lipinski definition) is 6. The molecule has 1 saturated heterocycles. The van der Waals surface area contributed by atoms with Gasteiger partial charge < -0.3 is 29.5 Å². The summed E-state index contributed by atoms with van der Waals surface area (Å²) in [5.74, 6) is 0.561. The minimum absolute atomic E-state index is 0.144. The number of aryl methyl sites for hydroxylation is 1. The van der Waals surface area contributed by atoms with Crippen LogP contribution >= 0.6 is 0 Å². The third-order valence-electron chi connectivity index (χ3n) is 3.73. The molecule has 134 valence electrons. The van der Waals surface area contributed by atoms with Crippen molar-refractivity contribution >= 4 is 11.6 Å². The summed E-state index contributed by atoms with van der Waals surface area (Å²) < 4.78 is 16.6. The molecule has 0 spiro atoms. The summed E-state index contributed by atoms with van der Waals surface area (Å²) in [6.45, 7) is 7.66. The first-order valence-electron chi connectivity index (χ1n) is 8.25. The van der Waals surface area contributed by atoms with Crippen LogP contribution in [-0.4, -0.2) is 50.0 Å². The van der Waals surface area contributed by atoms with Crippen LogP contribution in [0.5, 0.6) is 5.75 Å². The third-order valence-corrected chi connectivity index (χ3v) is 3.73. The van der Waals surface area contributed by atoms with Crippen molar-refractivity contribution in [2.24, 2.45) is 0 Å². The van der Waals surface area contributed by atoms with Crippen molar-refractivity contribution in [3.8, 4) is 5.75 Å². The number of rotatable bonds is 8. The highest BCUT2D eigenvalue weighted by Crippen LogP contribution is 2.27. The number of nitrogens with one attached hydrogen (secondary N) is 1. The molecule has 1 amide bonds. The van der Waals surface area contributed by atoms with Gasteiger partial charge in [-0.15, -0.1) is 0 Å². The lowest BCUT2D eigenvalue weighted by atomic mass is 10.1. The molecule has 0 bridgehead atoms. The van der Waals surface area contributed by atoms with Crippen molar-refractivity contribution in [1.29, 1.82) is 0 Å². The molecule has 7 nitrogen and oxygen atoms in total. The van der Waals surface area contributed by atoms with Crippen LogP contribution in [0.4, 0.5) is 5.69 Å². The second-order valence-corrected chi connectivity index (χ2v) is 5.48. The summed E-state index contributed by atoms with van der Waals surface area (Å²) in [7, 11) is 0. The van der Waals surface area contributed by atoms with E-state index in [1.165, 1.54) is 0 Å². The second kappa shape index (κ2) is 8.86. The average Bonchev–Trinajstić information content (AvgIpc) is 2.54. The van der Waals surface area contributed by atoms with Crippen LogP contribution in [0.15, 0.2) is 18.2 Å². The molecule has 24 heavy (non-hydrogen) atoms. The average molecular weight is 338 g/mol. The van der Waals surface area contributed by atoms with Gasteiger partial charge in [-0.2, -0.15) is 0 Å². The van der Waals surface area contributed by atoms with E-state index in [9.17, 15) is 9.90 Å². The number of amides is 1. The molecule has 1 fully saturated rings. The number of hydrogen-bond donors (Lipinski definition) is 2. The minimum Gasteiger partial charge on any atom is -0.488 e. The van der Waals surface area contributed by atoms with Gasteiger partial charge in [-0.1, -0.05) is 0 Å². The lowest BCUT2D eigenvalue weighted by Gasteiger charge is -2.35. The molecule has 7 heteroatoms. The van der Waals surface area contributed by atoms with Gasteiger partial charge in [0.2, 0.25) is 12.3 Å². The SMILES string of the molecule is CCOC(COc1ccc(N2CCC(=O)NC2O)c(C)c1)OCC. The van der Waals surface area contributed by atoms with E-state index in [2.05, 4.69) is 5.32 Å². The fraction of sp³-hybridized carbons (Fsp3) is 0.588. The Kier molecular flexibility index (Phi) is 6.84. The molecule has 0 aromatic heterocycles. The number of aliphatic hydroxyl groups excluding tert-OH is 1. The molecule has 1 aliphatic rings. The summed E-state index contributed by atoms with van der Waals surface area (Å²) >= 11 is 0. The van der Waals surface area contributed by atoms with Crippen molar-refractivity contribution in [3.05, 3.63) is 23.8 Å². The lowest BCUT2D eigenvalue weighted by molar-refractivity contribution is -0.152. The Balaban J connectivity index is 2.00. The van der Waals surface area contributed by atoms with Gasteiger partial charge in [0.15, 0.2) is 6.29 Å². The van der Waals surface area contributed by atoms with Crippen molar-refractivity contribution in [2.45, 2.75) is 39.8 Å². The second-order valence-electron chi connectivity index (χ2n) is 5.48. The Morgan fingerprint density at radius 3 is 2.62 bits per heavy atom. The van der Waals surface area contributed by atoms with E-state index in [-0.39, 0.29) is 12.2 Å². The van der Waals surface area contributed by atoms with Crippen LogP contribution in [-0.2, 0) is 14.3 Å². The van der Waals surface area contributed by atoms with Crippen LogP contribution in [0, 0.1) is 6.92 Å². The Labute approximate surface area is 142 Å². The van der Waals surface area contributed by atoms with Gasteiger partial charge in [0.05, 0.1) is 0 Å². The fourth-order valence-electron chi connectivity index (χ4n) is 2.61. The Morgan fingerprint density at radius 2 is 2.04 bits per heavy atom. The van der Waals surface area contributed by atoms with Crippen LogP contribution in [0.1, 0.15) is 25.8 Å². The largest absolute Gasteiger partial charge is 0.488 e. The minimum atomic E-state index is -1.00. The highest BCUT2D eigenvalue weighted by molar-refractivity contribution is 5.78. The molecule has 1 aromatic rings. The Bertz CT molecular complexity index is 546. The van der Waals surface area contributed by atoms with Crippen molar-refractivity contribution in [1.82, 2.24) is 5.32 Å². The highest BCUT2D eigenvalue weighted by atomic mass is 16.7. The smallest absolute Gasteiger partial charge is 0.225 e. The van der Waals surface area contributed by atoms with Gasteiger partial charge in [0.25, 0.3) is 0 Å². The van der Waals surface area contributed by atoms with Crippen LogP contribution in [0.3, 0.4) is 0 Å². The standard InChI is InChI=1S/C17H26N2O5/c1-4-22-16(23-5-2)11-24-13-6-7-14(12(3)10-13)19-9-8-15(20)18-17(19)21/h6-7,10,16-17,21H,4-5,8-9,11H2,1-3H3,(H,18,20). The molecule has 0 aliphatic carbocycles. The molecule has 2 N–H and O–H groups in total. The molecule has 0 saturated carbocycles. The summed E-state index contributed by atoms with van der Waals surface area (Å²) in [4.78, 5) is 13.1. The van der Waals surface area contributed by atoms with Crippen molar-refractivity contribution in [2.75, 3.05) is 31.3 Å². The molecule has 1 unspecified atom stereocenters. The summed E-state index contributed by atoms with van der Waals surface area (Å²) in [6.07, 6.45) is -1.03. The summed E-state index contributed by atoms with van der Waals surface area (Å²) in [5.41, 5.74) is 1.81.